The minimum atomic E-state index is -0.0501. The van der Waals surface area contributed by atoms with Gasteiger partial charge in [0.25, 0.3) is 5.91 Å². The molecule has 1 fully saturated rings. The summed E-state index contributed by atoms with van der Waals surface area (Å²) in [6.45, 7) is 12.1. The van der Waals surface area contributed by atoms with Crippen LogP contribution >= 0.6 is 11.6 Å². The topological polar surface area (TPSA) is 68.4 Å². The predicted octanol–water partition coefficient (Wildman–Crippen LogP) is 4.95. The van der Waals surface area contributed by atoms with Crippen molar-refractivity contribution in [2.45, 2.75) is 41.0 Å². The molecule has 3 heterocycles. The lowest BCUT2D eigenvalue weighted by Gasteiger charge is -2.34. The molecular formula is C29H33ClN6O2. The lowest BCUT2D eigenvalue weighted by Crippen LogP contribution is -2.48. The van der Waals surface area contributed by atoms with E-state index >= 15 is 0 Å². The maximum Gasteiger partial charge on any atom is 0.274 e. The number of benzene rings is 2. The molecule has 2 aromatic carbocycles. The summed E-state index contributed by atoms with van der Waals surface area (Å²) in [4.78, 5) is 17.4. The molecule has 5 rings (SSSR count). The Bertz CT molecular complexity index is 1410. The van der Waals surface area contributed by atoms with Crippen molar-refractivity contribution in [1.82, 2.24) is 29.4 Å². The van der Waals surface area contributed by atoms with Crippen molar-refractivity contribution in [2.75, 3.05) is 26.2 Å². The fourth-order valence-electron chi connectivity index (χ4n) is 4.90. The Labute approximate surface area is 228 Å². The van der Waals surface area contributed by atoms with E-state index < -0.39 is 0 Å². The summed E-state index contributed by atoms with van der Waals surface area (Å²) in [6, 6.07) is 15.8. The molecule has 0 radical (unpaired) electrons. The van der Waals surface area contributed by atoms with Crippen LogP contribution in [0.25, 0.3) is 5.69 Å². The molecule has 0 saturated carbocycles. The maximum absolute atomic E-state index is 13.1. The Balaban J connectivity index is 1.15. The van der Waals surface area contributed by atoms with Gasteiger partial charge in [0.15, 0.2) is 12.4 Å². The van der Waals surface area contributed by atoms with Crippen molar-refractivity contribution in [3.8, 4) is 11.4 Å². The number of aryl methyl sites for hydroxylation is 3. The number of carbonyl (C=O) groups excluding carboxylic acids is 1. The van der Waals surface area contributed by atoms with Gasteiger partial charge in [-0.1, -0.05) is 29.8 Å². The van der Waals surface area contributed by atoms with Crippen molar-refractivity contribution < 1.29 is 9.53 Å². The Morgan fingerprint density at radius 3 is 2.32 bits per heavy atom. The second-order valence-electron chi connectivity index (χ2n) is 9.85. The molecule has 9 heteroatoms. The van der Waals surface area contributed by atoms with Crippen molar-refractivity contribution in [3.63, 3.8) is 0 Å². The Kier molecular flexibility index (Phi) is 7.53. The van der Waals surface area contributed by atoms with Crippen molar-refractivity contribution in [3.05, 3.63) is 93.5 Å². The number of hydrogen-bond acceptors (Lipinski definition) is 5. The van der Waals surface area contributed by atoms with Gasteiger partial charge in [0.05, 0.1) is 11.4 Å². The van der Waals surface area contributed by atoms with E-state index in [0.717, 1.165) is 58.6 Å². The minimum Gasteiger partial charge on any atom is -0.471 e. The van der Waals surface area contributed by atoms with Gasteiger partial charge in [-0.05, 0) is 69.2 Å². The summed E-state index contributed by atoms with van der Waals surface area (Å²) in [5.74, 6) is 0.675. The lowest BCUT2D eigenvalue weighted by atomic mass is 10.1. The second-order valence-corrected chi connectivity index (χ2v) is 10.2. The number of rotatable bonds is 7. The van der Waals surface area contributed by atoms with Crippen LogP contribution in [0.3, 0.4) is 0 Å². The standard InChI is InChI=1S/C29H33ClN6O2/c1-20-16-25(17-21(2)28(20)30)38-19-35-11-10-27(32-35)29(37)34-14-12-33(13-15-34)18-26-22(3)31-36(23(26)4)24-8-6-5-7-9-24/h5-11,16-17H,12-15,18-19H2,1-4H3. The van der Waals surface area contributed by atoms with Gasteiger partial charge in [-0.2, -0.15) is 10.2 Å². The first kappa shape index (κ1) is 26.0. The Morgan fingerprint density at radius 2 is 1.63 bits per heavy atom. The third-order valence-corrected chi connectivity index (χ3v) is 7.71. The van der Waals surface area contributed by atoms with Gasteiger partial charge in [-0.15, -0.1) is 0 Å². The second kappa shape index (κ2) is 11.0. The highest BCUT2D eigenvalue weighted by Gasteiger charge is 2.25. The number of piperazine rings is 1. The smallest absolute Gasteiger partial charge is 0.274 e. The van der Waals surface area contributed by atoms with Crippen LogP contribution in [-0.2, 0) is 13.3 Å². The average molecular weight is 533 g/mol. The van der Waals surface area contributed by atoms with Gasteiger partial charge in [0.1, 0.15) is 5.75 Å². The zero-order chi connectivity index (χ0) is 26.8. The Hall–Kier alpha value is -3.62. The van der Waals surface area contributed by atoms with E-state index in [1.165, 1.54) is 5.56 Å². The van der Waals surface area contributed by atoms with Crippen LogP contribution in [0.4, 0.5) is 0 Å². The first-order valence-corrected chi connectivity index (χ1v) is 13.2. The fourth-order valence-corrected chi connectivity index (χ4v) is 5.01. The van der Waals surface area contributed by atoms with Crippen LogP contribution in [0.5, 0.6) is 5.75 Å². The van der Waals surface area contributed by atoms with Crippen LogP contribution in [-0.4, -0.2) is 61.4 Å². The monoisotopic (exact) mass is 532 g/mol. The van der Waals surface area contributed by atoms with Crippen LogP contribution in [0.15, 0.2) is 54.7 Å². The van der Waals surface area contributed by atoms with E-state index in [4.69, 9.17) is 21.4 Å². The van der Waals surface area contributed by atoms with Gasteiger partial charge >= 0.3 is 0 Å². The van der Waals surface area contributed by atoms with Crippen LogP contribution in [0.2, 0.25) is 5.02 Å². The van der Waals surface area contributed by atoms with Gasteiger partial charge in [-0.3, -0.25) is 9.69 Å². The van der Waals surface area contributed by atoms with Crippen LogP contribution in [0.1, 0.15) is 38.6 Å². The number of aromatic nitrogens is 4. The molecule has 0 aliphatic carbocycles. The van der Waals surface area contributed by atoms with E-state index in [-0.39, 0.29) is 12.6 Å². The molecule has 2 aromatic heterocycles. The third-order valence-electron chi connectivity index (χ3n) is 7.12. The maximum atomic E-state index is 13.1. The zero-order valence-corrected chi connectivity index (χ0v) is 23.1. The molecular weight excluding hydrogens is 500 g/mol. The molecule has 0 atom stereocenters. The van der Waals surface area contributed by atoms with Crippen LogP contribution in [0, 0.1) is 27.7 Å². The first-order valence-electron chi connectivity index (χ1n) is 12.9. The molecule has 0 bridgehead atoms. The summed E-state index contributed by atoms with van der Waals surface area (Å²) in [7, 11) is 0. The molecule has 1 aliphatic rings. The molecule has 0 N–H and O–H groups in total. The minimum absolute atomic E-state index is 0.0501. The van der Waals surface area contributed by atoms with Crippen LogP contribution < -0.4 is 4.74 Å². The summed E-state index contributed by atoms with van der Waals surface area (Å²) < 4.78 is 9.52. The normalized spacial score (nSPS) is 14.2. The predicted molar refractivity (Wildman–Crippen MR) is 148 cm³/mol. The highest BCUT2D eigenvalue weighted by atomic mass is 35.5. The third kappa shape index (κ3) is 5.47. The highest BCUT2D eigenvalue weighted by Crippen LogP contribution is 2.26. The highest BCUT2D eigenvalue weighted by molar-refractivity contribution is 6.32. The number of para-hydroxylation sites is 1. The number of halogens is 1. The number of amides is 1. The van der Waals surface area contributed by atoms with Gasteiger partial charge < -0.3 is 9.64 Å². The summed E-state index contributed by atoms with van der Waals surface area (Å²) in [6.07, 6.45) is 1.77. The molecule has 198 valence electrons. The average Bonchev–Trinajstić information content (AvgIpc) is 3.51. The SMILES string of the molecule is Cc1cc(OCn2ccc(C(=O)N3CCN(Cc4c(C)nn(-c5ccccc5)c4C)CC3)n2)cc(C)c1Cl. The molecule has 1 amide bonds. The molecule has 0 unspecified atom stereocenters. The van der Waals surface area contributed by atoms with E-state index in [1.807, 2.05) is 53.8 Å². The van der Waals surface area contributed by atoms with Crippen molar-refractivity contribution in [1.29, 1.82) is 0 Å². The Morgan fingerprint density at radius 1 is 0.947 bits per heavy atom. The molecule has 0 spiro atoms. The van der Waals surface area contributed by atoms with Gasteiger partial charge in [0.2, 0.25) is 0 Å². The van der Waals surface area contributed by atoms with E-state index in [1.54, 1.807) is 16.9 Å². The fraction of sp³-hybridized carbons (Fsp3) is 0.345. The summed E-state index contributed by atoms with van der Waals surface area (Å²) >= 11 is 6.24. The molecule has 38 heavy (non-hydrogen) atoms. The first-order chi connectivity index (χ1) is 18.3. The molecule has 4 aromatic rings. The molecule has 8 nitrogen and oxygen atoms in total. The van der Waals surface area contributed by atoms with E-state index in [2.05, 4.69) is 36.0 Å². The van der Waals surface area contributed by atoms with Crippen molar-refractivity contribution >= 4 is 17.5 Å². The summed E-state index contributed by atoms with van der Waals surface area (Å²) in [5, 5.41) is 9.98. The van der Waals surface area contributed by atoms with E-state index in [0.29, 0.717) is 18.8 Å². The summed E-state index contributed by atoms with van der Waals surface area (Å²) in [5.41, 5.74) is 6.88. The van der Waals surface area contributed by atoms with Gasteiger partial charge in [-0.25, -0.2) is 9.36 Å². The number of ether oxygens (including phenoxy) is 1. The van der Waals surface area contributed by atoms with Crippen molar-refractivity contribution in [2.24, 2.45) is 0 Å². The molecule has 1 saturated heterocycles. The molecule has 1 aliphatic heterocycles. The largest absolute Gasteiger partial charge is 0.471 e. The lowest BCUT2D eigenvalue weighted by molar-refractivity contribution is 0.0620. The number of nitrogens with zero attached hydrogens (tertiary/aromatic N) is 6. The zero-order valence-electron chi connectivity index (χ0n) is 22.3. The van der Waals surface area contributed by atoms with E-state index in [9.17, 15) is 4.79 Å². The quantitative estimate of drug-likeness (QED) is 0.337. The van der Waals surface area contributed by atoms with Gasteiger partial charge in [0, 0.05) is 55.2 Å². The number of carbonyl (C=O) groups is 1. The number of hydrogen-bond donors (Lipinski definition) is 0.